The van der Waals surface area contributed by atoms with Gasteiger partial charge in [0.2, 0.25) is 5.91 Å². The number of rotatable bonds is 6. The molecule has 1 amide bonds. The molecule has 0 saturated carbocycles. The van der Waals surface area contributed by atoms with E-state index < -0.39 is 53.4 Å². The highest BCUT2D eigenvalue weighted by Gasteiger charge is 2.37. The van der Waals surface area contributed by atoms with Crippen LogP contribution in [0.5, 0.6) is 0 Å². The molecule has 2 N–H and O–H groups in total. The molecule has 1 aromatic carbocycles. The molecule has 0 aliphatic carbocycles. The maximum atomic E-state index is 12.8. The Bertz CT molecular complexity index is 701. The highest BCUT2D eigenvalue weighted by atomic mass is 19.4. The van der Waals surface area contributed by atoms with E-state index >= 15 is 0 Å². The molecule has 0 heterocycles. The summed E-state index contributed by atoms with van der Waals surface area (Å²) in [6.07, 6.45) is -9.42. The zero-order valence-electron chi connectivity index (χ0n) is 14.3. The first-order chi connectivity index (χ1) is 12.2. The number of hydrogen-bond donors (Lipinski definition) is 2. The summed E-state index contributed by atoms with van der Waals surface area (Å²) < 4.78 is 76.9. The van der Waals surface area contributed by atoms with Crippen LogP contribution in [-0.2, 0) is 28.4 Å². The topological polar surface area (TPSA) is 66.4 Å². The van der Waals surface area contributed by atoms with Crippen molar-refractivity contribution in [3.05, 3.63) is 46.5 Å². The van der Waals surface area contributed by atoms with Crippen molar-refractivity contribution in [3.63, 3.8) is 0 Å². The molecule has 150 valence electrons. The summed E-state index contributed by atoms with van der Waals surface area (Å²) in [7, 11) is 0. The number of alkyl halides is 6. The monoisotopic (exact) mass is 397 g/mol. The Kier molecular flexibility index (Phi) is 7.05. The van der Waals surface area contributed by atoms with Gasteiger partial charge in [0.25, 0.3) is 0 Å². The van der Waals surface area contributed by atoms with Crippen LogP contribution in [0.3, 0.4) is 0 Å². The number of benzene rings is 1. The number of carbonyl (C=O) groups is 2. The Balaban J connectivity index is 3.07. The van der Waals surface area contributed by atoms with E-state index in [1.165, 1.54) is 6.08 Å². The fourth-order valence-electron chi connectivity index (χ4n) is 2.13. The van der Waals surface area contributed by atoms with Gasteiger partial charge in [0, 0.05) is 0 Å². The molecule has 0 aliphatic heterocycles. The van der Waals surface area contributed by atoms with Crippen LogP contribution >= 0.6 is 0 Å². The normalized spacial score (nSPS) is 13.0. The van der Waals surface area contributed by atoms with Gasteiger partial charge in [-0.05, 0) is 44.0 Å². The van der Waals surface area contributed by atoms with Crippen LogP contribution in [0.15, 0.2) is 29.8 Å². The van der Waals surface area contributed by atoms with Crippen molar-refractivity contribution < 1.29 is 41.0 Å². The largest absolute Gasteiger partial charge is 0.480 e. The number of amides is 1. The standard InChI is InChI=1S/C17H17F6NO3/c1-9(2)3-4-13(15(26)27)24-14(25)7-10-5-11(16(18,19)20)8-12(6-10)17(21,22)23/h3,5-6,8,13H,4,7H2,1-2H3,(H,24,25)(H,26,27)/t13-/m1/s1. The molecule has 1 atom stereocenters. The molecule has 10 heteroatoms. The number of carbonyl (C=O) groups excluding carboxylic acids is 1. The zero-order valence-corrected chi connectivity index (χ0v) is 14.3. The van der Waals surface area contributed by atoms with E-state index in [9.17, 15) is 35.9 Å². The van der Waals surface area contributed by atoms with Crippen LogP contribution < -0.4 is 5.32 Å². The number of aliphatic carboxylic acids is 1. The SMILES string of the molecule is CC(C)=CC[C@@H](NC(=O)Cc1cc(C(F)(F)F)cc(C(F)(F)F)c1)C(=O)O. The maximum absolute atomic E-state index is 12.8. The van der Waals surface area contributed by atoms with Crippen LogP contribution in [0, 0.1) is 0 Å². The second kappa shape index (κ2) is 8.45. The van der Waals surface area contributed by atoms with Crippen molar-refractivity contribution >= 4 is 11.9 Å². The van der Waals surface area contributed by atoms with Crippen LogP contribution in [-0.4, -0.2) is 23.0 Å². The lowest BCUT2D eigenvalue weighted by atomic mass is 10.0. The maximum Gasteiger partial charge on any atom is 0.416 e. The third-order valence-corrected chi connectivity index (χ3v) is 3.41. The highest BCUT2D eigenvalue weighted by Crippen LogP contribution is 2.36. The van der Waals surface area contributed by atoms with E-state index in [0.29, 0.717) is 12.1 Å². The first-order valence-electron chi connectivity index (χ1n) is 7.64. The van der Waals surface area contributed by atoms with Gasteiger partial charge in [-0.15, -0.1) is 0 Å². The van der Waals surface area contributed by atoms with E-state index in [2.05, 4.69) is 5.32 Å². The summed E-state index contributed by atoms with van der Waals surface area (Å²) in [4.78, 5) is 23.1. The van der Waals surface area contributed by atoms with E-state index in [4.69, 9.17) is 5.11 Å². The first-order valence-corrected chi connectivity index (χ1v) is 7.64. The molecular formula is C17H17F6NO3. The number of halogens is 6. The van der Waals surface area contributed by atoms with Gasteiger partial charge in [0.05, 0.1) is 17.5 Å². The highest BCUT2D eigenvalue weighted by molar-refractivity contribution is 5.85. The summed E-state index contributed by atoms with van der Waals surface area (Å²) in [5, 5.41) is 11.2. The average molecular weight is 397 g/mol. The van der Waals surface area contributed by atoms with Crippen molar-refractivity contribution in [1.29, 1.82) is 0 Å². The predicted molar refractivity (Wildman–Crippen MR) is 83.8 cm³/mol. The lowest BCUT2D eigenvalue weighted by Gasteiger charge is -2.16. The second-order valence-electron chi connectivity index (χ2n) is 6.07. The fraction of sp³-hybridized carbons (Fsp3) is 0.412. The van der Waals surface area contributed by atoms with Gasteiger partial charge < -0.3 is 10.4 Å². The van der Waals surface area contributed by atoms with Crippen molar-refractivity contribution in [2.45, 2.75) is 45.1 Å². The molecule has 4 nitrogen and oxygen atoms in total. The minimum Gasteiger partial charge on any atom is -0.480 e. The molecule has 0 spiro atoms. The van der Waals surface area contributed by atoms with Gasteiger partial charge in [0.1, 0.15) is 6.04 Å². The summed E-state index contributed by atoms with van der Waals surface area (Å²) in [5.41, 5.74) is -2.83. The molecule has 0 bridgehead atoms. The summed E-state index contributed by atoms with van der Waals surface area (Å²) in [5.74, 6) is -2.38. The van der Waals surface area contributed by atoms with Crippen LogP contribution in [0.2, 0.25) is 0 Å². The Morgan fingerprint density at radius 1 is 1.04 bits per heavy atom. The van der Waals surface area contributed by atoms with E-state index in [-0.39, 0.29) is 12.5 Å². The quantitative estimate of drug-likeness (QED) is 0.559. The van der Waals surface area contributed by atoms with Gasteiger partial charge in [-0.2, -0.15) is 26.3 Å². The molecular weight excluding hydrogens is 380 g/mol. The molecule has 0 fully saturated rings. The minimum atomic E-state index is -5.03. The molecule has 0 radical (unpaired) electrons. The van der Waals surface area contributed by atoms with Crippen LogP contribution in [0.1, 0.15) is 37.0 Å². The first kappa shape index (κ1) is 22.5. The third kappa shape index (κ3) is 7.32. The lowest BCUT2D eigenvalue weighted by molar-refractivity contribution is -0.143. The molecule has 0 unspecified atom stereocenters. The Morgan fingerprint density at radius 3 is 1.89 bits per heavy atom. The molecule has 1 rings (SSSR count). The molecule has 0 saturated heterocycles. The summed E-state index contributed by atoms with van der Waals surface area (Å²) >= 11 is 0. The van der Waals surface area contributed by atoms with Gasteiger partial charge >= 0.3 is 18.3 Å². The van der Waals surface area contributed by atoms with Gasteiger partial charge in [-0.1, -0.05) is 11.6 Å². The predicted octanol–water partition coefficient (Wildman–Crippen LogP) is 4.19. The summed E-state index contributed by atoms with van der Waals surface area (Å²) in [6.45, 7) is 3.39. The van der Waals surface area contributed by atoms with Gasteiger partial charge in [-0.3, -0.25) is 4.79 Å². The molecule has 1 aromatic rings. The Hall–Kier alpha value is -2.52. The van der Waals surface area contributed by atoms with E-state index in [0.717, 1.165) is 5.57 Å². The van der Waals surface area contributed by atoms with E-state index in [1.54, 1.807) is 13.8 Å². The Labute approximate surface area is 150 Å². The zero-order chi connectivity index (χ0) is 21.0. The third-order valence-electron chi connectivity index (χ3n) is 3.41. The number of allylic oxidation sites excluding steroid dienone is 1. The van der Waals surface area contributed by atoms with Crippen molar-refractivity contribution in [2.75, 3.05) is 0 Å². The molecule has 27 heavy (non-hydrogen) atoms. The number of nitrogens with one attached hydrogen (secondary N) is 1. The summed E-state index contributed by atoms with van der Waals surface area (Å²) in [6, 6.07) is -0.530. The van der Waals surface area contributed by atoms with Crippen molar-refractivity contribution in [1.82, 2.24) is 5.32 Å². The van der Waals surface area contributed by atoms with Gasteiger partial charge in [-0.25, -0.2) is 4.79 Å². The second-order valence-corrected chi connectivity index (χ2v) is 6.07. The lowest BCUT2D eigenvalue weighted by Crippen LogP contribution is -2.41. The number of hydrogen-bond acceptors (Lipinski definition) is 2. The fourth-order valence-corrected chi connectivity index (χ4v) is 2.13. The molecule has 0 aliphatic rings. The smallest absolute Gasteiger partial charge is 0.416 e. The van der Waals surface area contributed by atoms with E-state index in [1.807, 2.05) is 0 Å². The molecule has 0 aromatic heterocycles. The minimum absolute atomic E-state index is 0.0454. The van der Waals surface area contributed by atoms with Crippen LogP contribution in [0.25, 0.3) is 0 Å². The van der Waals surface area contributed by atoms with Crippen molar-refractivity contribution in [3.8, 4) is 0 Å². The van der Waals surface area contributed by atoms with Crippen molar-refractivity contribution in [2.24, 2.45) is 0 Å². The number of carboxylic acid groups (broad SMARTS) is 1. The van der Waals surface area contributed by atoms with Crippen LogP contribution in [0.4, 0.5) is 26.3 Å². The average Bonchev–Trinajstić information content (AvgIpc) is 2.48. The van der Waals surface area contributed by atoms with Gasteiger partial charge in [0.15, 0.2) is 0 Å². The Morgan fingerprint density at radius 2 is 1.52 bits per heavy atom. The number of carboxylic acids is 1.